The highest BCUT2D eigenvalue weighted by Gasteiger charge is 2.25. The van der Waals surface area contributed by atoms with Gasteiger partial charge in [-0.2, -0.15) is 0 Å². The number of piperidine rings is 1. The fraction of sp³-hybridized carbons (Fsp3) is 0.500. The van der Waals surface area contributed by atoms with Crippen LogP contribution in [-0.2, 0) is 0 Å². The van der Waals surface area contributed by atoms with Crippen molar-refractivity contribution in [2.24, 2.45) is 0 Å². The van der Waals surface area contributed by atoms with Gasteiger partial charge in [-0.15, -0.1) is 0 Å². The van der Waals surface area contributed by atoms with Crippen molar-refractivity contribution in [3.8, 4) is 0 Å². The third kappa shape index (κ3) is 2.21. The van der Waals surface area contributed by atoms with Crippen molar-refractivity contribution in [2.45, 2.75) is 31.8 Å². The third-order valence-electron chi connectivity index (χ3n) is 3.84. The molecule has 106 valence electrons. The summed E-state index contributed by atoms with van der Waals surface area (Å²) in [7, 11) is 0. The van der Waals surface area contributed by atoms with E-state index in [4.69, 9.17) is 0 Å². The maximum atomic E-state index is 12.6. The Labute approximate surface area is 116 Å². The number of hydrogen-bond acceptors (Lipinski definition) is 5. The number of fused-ring (bicyclic) bond motifs is 1. The molecule has 1 atom stereocenters. The van der Waals surface area contributed by atoms with Gasteiger partial charge in [0, 0.05) is 18.3 Å². The number of nitrogens with one attached hydrogen (secondary N) is 1. The number of nitrogens with zero attached hydrogens (tertiary/aromatic N) is 3. The van der Waals surface area contributed by atoms with E-state index in [1.54, 1.807) is 25.5 Å². The summed E-state index contributed by atoms with van der Waals surface area (Å²) < 4.78 is 1.44. The first-order valence-corrected chi connectivity index (χ1v) is 6.93. The quantitative estimate of drug-likeness (QED) is 0.839. The zero-order valence-corrected chi connectivity index (χ0v) is 11.4. The first kappa shape index (κ1) is 13.2. The Morgan fingerprint density at radius 1 is 1.45 bits per heavy atom. The second kappa shape index (κ2) is 5.30. The highest BCUT2D eigenvalue weighted by molar-refractivity contribution is 5.40. The summed E-state index contributed by atoms with van der Waals surface area (Å²) in [6.45, 7) is 3.45. The lowest BCUT2D eigenvalue weighted by Gasteiger charge is -2.24. The lowest BCUT2D eigenvalue weighted by molar-refractivity contribution is 0.194. The number of aliphatic hydroxyl groups excluding tert-OH is 1. The molecule has 20 heavy (non-hydrogen) atoms. The largest absolute Gasteiger partial charge is 0.388 e. The van der Waals surface area contributed by atoms with Crippen LogP contribution in [0.25, 0.3) is 5.65 Å². The minimum atomic E-state index is -0.815. The van der Waals surface area contributed by atoms with Crippen LogP contribution in [0.5, 0.6) is 0 Å². The van der Waals surface area contributed by atoms with Crippen molar-refractivity contribution >= 4 is 5.65 Å². The van der Waals surface area contributed by atoms with E-state index < -0.39 is 6.10 Å². The lowest BCUT2D eigenvalue weighted by atomic mass is 9.90. The maximum Gasteiger partial charge on any atom is 0.264 e. The molecule has 2 aromatic heterocycles. The van der Waals surface area contributed by atoms with Gasteiger partial charge in [0.05, 0.1) is 23.6 Å². The highest BCUT2D eigenvalue weighted by Crippen LogP contribution is 2.28. The molecule has 3 heterocycles. The standard InChI is InChI=1S/C14H18N4O2/c1-9(19)12-13(10-2-4-15-5-3-10)17-11-8-16-6-7-18(11)14(12)20/h6-10,15,19H,2-5H2,1H3. The minimum absolute atomic E-state index is 0.194. The molecule has 6 nitrogen and oxygen atoms in total. The summed E-state index contributed by atoms with van der Waals surface area (Å²) in [4.78, 5) is 21.2. The monoisotopic (exact) mass is 274 g/mol. The molecule has 0 amide bonds. The van der Waals surface area contributed by atoms with Crippen LogP contribution in [0.15, 0.2) is 23.4 Å². The molecule has 1 aliphatic rings. The van der Waals surface area contributed by atoms with E-state index in [2.05, 4.69) is 15.3 Å². The molecule has 1 unspecified atom stereocenters. The van der Waals surface area contributed by atoms with Gasteiger partial charge in [0.15, 0.2) is 5.65 Å². The normalized spacial score (nSPS) is 18.3. The Morgan fingerprint density at radius 2 is 2.20 bits per heavy atom. The van der Waals surface area contributed by atoms with Crippen LogP contribution in [0.3, 0.4) is 0 Å². The summed E-state index contributed by atoms with van der Waals surface area (Å²) in [5.41, 5.74) is 1.50. The molecule has 2 N–H and O–H groups in total. The zero-order valence-electron chi connectivity index (χ0n) is 11.4. The van der Waals surface area contributed by atoms with Crippen LogP contribution in [-0.4, -0.2) is 32.6 Å². The van der Waals surface area contributed by atoms with E-state index in [-0.39, 0.29) is 11.5 Å². The fourth-order valence-corrected chi connectivity index (χ4v) is 2.83. The predicted octanol–water partition coefficient (Wildman–Crippen LogP) is 0.610. The first-order valence-electron chi connectivity index (χ1n) is 6.93. The van der Waals surface area contributed by atoms with Crippen molar-refractivity contribution in [1.29, 1.82) is 0 Å². The third-order valence-corrected chi connectivity index (χ3v) is 3.84. The topological polar surface area (TPSA) is 79.5 Å². The van der Waals surface area contributed by atoms with Gasteiger partial charge in [0.25, 0.3) is 5.56 Å². The fourth-order valence-electron chi connectivity index (χ4n) is 2.83. The Balaban J connectivity index is 2.23. The SMILES string of the molecule is CC(O)c1c(C2CCNCC2)nc2cnccn2c1=O. The van der Waals surface area contributed by atoms with Gasteiger partial charge in [-0.05, 0) is 32.9 Å². The zero-order chi connectivity index (χ0) is 14.1. The van der Waals surface area contributed by atoms with Crippen LogP contribution in [0.4, 0.5) is 0 Å². The van der Waals surface area contributed by atoms with Crippen molar-refractivity contribution in [1.82, 2.24) is 19.7 Å². The molecule has 1 fully saturated rings. The maximum absolute atomic E-state index is 12.6. The van der Waals surface area contributed by atoms with E-state index in [0.29, 0.717) is 11.2 Å². The number of rotatable bonds is 2. The molecule has 0 spiro atoms. The average molecular weight is 274 g/mol. The van der Waals surface area contributed by atoms with Crippen molar-refractivity contribution in [3.63, 3.8) is 0 Å². The number of hydrogen-bond donors (Lipinski definition) is 2. The summed E-state index contributed by atoms with van der Waals surface area (Å²) >= 11 is 0. The molecular weight excluding hydrogens is 256 g/mol. The molecule has 0 saturated carbocycles. The van der Waals surface area contributed by atoms with E-state index in [0.717, 1.165) is 31.6 Å². The molecular formula is C14H18N4O2. The van der Waals surface area contributed by atoms with Gasteiger partial charge in [-0.3, -0.25) is 14.2 Å². The first-order chi connectivity index (χ1) is 9.68. The molecule has 1 saturated heterocycles. The Kier molecular flexibility index (Phi) is 3.50. The van der Waals surface area contributed by atoms with E-state index in [1.165, 1.54) is 4.40 Å². The second-order valence-electron chi connectivity index (χ2n) is 5.22. The summed E-state index contributed by atoms with van der Waals surface area (Å²) in [6, 6.07) is 0. The molecule has 2 aromatic rings. The van der Waals surface area contributed by atoms with Crippen LogP contribution >= 0.6 is 0 Å². The number of aliphatic hydroxyl groups is 1. The Morgan fingerprint density at radius 3 is 2.90 bits per heavy atom. The molecule has 0 aliphatic carbocycles. The summed E-state index contributed by atoms with van der Waals surface area (Å²) in [5, 5.41) is 13.3. The summed E-state index contributed by atoms with van der Waals surface area (Å²) in [6.07, 6.45) is 5.77. The van der Waals surface area contributed by atoms with E-state index in [1.807, 2.05) is 0 Å². The average Bonchev–Trinajstić information content (AvgIpc) is 2.47. The van der Waals surface area contributed by atoms with Crippen LogP contribution in [0, 0.1) is 0 Å². The van der Waals surface area contributed by atoms with Gasteiger partial charge in [-0.1, -0.05) is 0 Å². The molecule has 0 radical (unpaired) electrons. The predicted molar refractivity (Wildman–Crippen MR) is 74.7 cm³/mol. The minimum Gasteiger partial charge on any atom is -0.388 e. The number of aromatic nitrogens is 3. The van der Waals surface area contributed by atoms with Gasteiger partial charge in [-0.25, -0.2) is 4.98 Å². The summed E-state index contributed by atoms with van der Waals surface area (Å²) in [5.74, 6) is 0.221. The molecule has 3 rings (SSSR count). The molecule has 0 bridgehead atoms. The Bertz CT molecular complexity index is 674. The van der Waals surface area contributed by atoms with Gasteiger partial charge in [0.1, 0.15) is 0 Å². The lowest BCUT2D eigenvalue weighted by Crippen LogP contribution is -2.31. The van der Waals surface area contributed by atoms with Crippen molar-refractivity contribution < 1.29 is 5.11 Å². The van der Waals surface area contributed by atoms with Gasteiger partial charge >= 0.3 is 0 Å². The van der Waals surface area contributed by atoms with Crippen molar-refractivity contribution in [3.05, 3.63) is 40.2 Å². The molecule has 1 aliphatic heterocycles. The van der Waals surface area contributed by atoms with Crippen LogP contribution in [0.2, 0.25) is 0 Å². The van der Waals surface area contributed by atoms with Crippen LogP contribution < -0.4 is 10.9 Å². The van der Waals surface area contributed by atoms with Gasteiger partial charge < -0.3 is 10.4 Å². The van der Waals surface area contributed by atoms with Crippen LogP contribution in [0.1, 0.15) is 43.0 Å². The smallest absolute Gasteiger partial charge is 0.264 e. The van der Waals surface area contributed by atoms with Crippen molar-refractivity contribution in [2.75, 3.05) is 13.1 Å². The second-order valence-corrected chi connectivity index (χ2v) is 5.22. The molecule has 6 heteroatoms. The Hall–Kier alpha value is -1.79. The van der Waals surface area contributed by atoms with Gasteiger partial charge in [0.2, 0.25) is 0 Å². The van der Waals surface area contributed by atoms with E-state index in [9.17, 15) is 9.90 Å². The van der Waals surface area contributed by atoms with E-state index >= 15 is 0 Å². The molecule has 0 aromatic carbocycles. The highest BCUT2D eigenvalue weighted by atomic mass is 16.3.